The number of fused-ring (bicyclic) bond motifs is 3. The summed E-state index contributed by atoms with van der Waals surface area (Å²) in [6.07, 6.45) is 0.755. The van der Waals surface area contributed by atoms with Gasteiger partial charge in [0.2, 0.25) is 5.91 Å². The van der Waals surface area contributed by atoms with Crippen molar-refractivity contribution in [3.8, 4) is 11.1 Å². The number of carbonyl (C=O) groups is 1. The highest BCUT2D eigenvalue weighted by atomic mass is 79.9. The van der Waals surface area contributed by atoms with Crippen LogP contribution in [0.15, 0.2) is 33.2 Å². The van der Waals surface area contributed by atoms with E-state index in [1.165, 1.54) is 12.5 Å². The molecule has 0 unspecified atom stereocenters. The standard InChI is InChI=1S/C19H20Br2N2O3/c1-11(26)22-19-17(20)10-15-14-3-2-13(23(4-6-24)5-7-25)8-12(14)9-16(15)18(19)21/h2-3,8,10,24-25H,4-7,9H2,1H3,(H,22,26). The Labute approximate surface area is 169 Å². The number of aliphatic hydroxyl groups excluding tert-OH is 2. The lowest BCUT2D eigenvalue weighted by Crippen LogP contribution is -2.29. The molecule has 2 aromatic rings. The molecule has 138 valence electrons. The Kier molecular flexibility index (Phi) is 6.02. The number of nitrogens with one attached hydrogen (secondary N) is 1. The first-order chi connectivity index (χ1) is 12.5. The lowest BCUT2D eigenvalue weighted by Gasteiger charge is -2.23. The Balaban J connectivity index is 2.00. The van der Waals surface area contributed by atoms with Crippen molar-refractivity contribution in [1.29, 1.82) is 0 Å². The molecule has 1 aliphatic rings. The number of nitrogens with zero attached hydrogens (tertiary/aromatic N) is 1. The van der Waals surface area contributed by atoms with Gasteiger partial charge in [-0.05, 0) is 78.7 Å². The van der Waals surface area contributed by atoms with E-state index in [1.54, 1.807) is 0 Å². The summed E-state index contributed by atoms with van der Waals surface area (Å²) >= 11 is 7.20. The summed E-state index contributed by atoms with van der Waals surface area (Å²) in [5, 5.41) is 21.4. The van der Waals surface area contributed by atoms with Crippen molar-refractivity contribution in [2.45, 2.75) is 13.3 Å². The average molecular weight is 484 g/mol. The molecule has 0 bridgehead atoms. The Bertz CT molecular complexity index is 849. The maximum absolute atomic E-state index is 11.5. The van der Waals surface area contributed by atoms with Crippen LogP contribution in [-0.4, -0.2) is 42.4 Å². The Morgan fingerprint density at radius 2 is 1.85 bits per heavy atom. The first-order valence-corrected chi connectivity index (χ1v) is 9.93. The van der Waals surface area contributed by atoms with E-state index in [0.29, 0.717) is 13.1 Å². The van der Waals surface area contributed by atoms with Gasteiger partial charge in [-0.1, -0.05) is 6.07 Å². The highest BCUT2D eigenvalue weighted by Crippen LogP contribution is 2.47. The summed E-state index contributed by atoms with van der Waals surface area (Å²) in [6.45, 7) is 2.53. The molecular weight excluding hydrogens is 464 g/mol. The number of benzene rings is 2. The van der Waals surface area contributed by atoms with E-state index < -0.39 is 0 Å². The third-order valence-electron chi connectivity index (χ3n) is 4.47. The zero-order valence-corrected chi connectivity index (χ0v) is 17.5. The van der Waals surface area contributed by atoms with Gasteiger partial charge in [0.25, 0.3) is 0 Å². The third-order valence-corrected chi connectivity index (χ3v) is 5.97. The summed E-state index contributed by atoms with van der Waals surface area (Å²) in [4.78, 5) is 13.4. The molecule has 0 aromatic heterocycles. The van der Waals surface area contributed by atoms with Crippen LogP contribution in [0.2, 0.25) is 0 Å². The van der Waals surface area contributed by atoms with Gasteiger partial charge in [-0.25, -0.2) is 0 Å². The van der Waals surface area contributed by atoms with Gasteiger partial charge >= 0.3 is 0 Å². The first-order valence-electron chi connectivity index (χ1n) is 8.34. The van der Waals surface area contributed by atoms with Crippen LogP contribution in [0, 0.1) is 0 Å². The maximum atomic E-state index is 11.5. The zero-order valence-electron chi connectivity index (χ0n) is 14.4. The fraction of sp³-hybridized carbons (Fsp3) is 0.316. The lowest BCUT2D eigenvalue weighted by molar-refractivity contribution is -0.114. The van der Waals surface area contributed by atoms with Gasteiger partial charge in [0.15, 0.2) is 0 Å². The van der Waals surface area contributed by atoms with Crippen molar-refractivity contribution in [2.24, 2.45) is 0 Å². The van der Waals surface area contributed by atoms with E-state index in [0.717, 1.165) is 43.4 Å². The van der Waals surface area contributed by atoms with Crippen molar-refractivity contribution in [2.75, 3.05) is 36.5 Å². The van der Waals surface area contributed by atoms with Gasteiger partial charge in [0, 0.05) is 34.6 Å². The second-order valence-corrected chi connectivity index (χ2v) is 7.85. The van der Waals surface area contributed by atoms with E-state index in [1.807, 2.05) is 17.0 Å². The van der Waals surface area contributed by atoms with Crippen molar-refractivity contribution in [3.63, 3.8) is 0 Å². The van der Waals surface area contributed by atoms with E-state index in [9.17, 15) is 15.0 Å². The van der Waals surface area contributed by atoms with Gasteiger partial charge in [-0.3, -0.25) is 4.79 Å². The second kappa shape index (κ2) is 8.08. The highest BCUT2D eigenvalue weighted by molar-refractivity contribution is 9.11. The monoisotopic (exact) mass is 482 g/mol. The zero-order chi connectivity index (χ0) is 18.8. The van der Waals surface area contributed by atoms with Crippen LogP contribution in [0.25, 0.3) is 11.1 Å². The van der Waals surface area contributed by atoms with Crippen LogP contribution in [0.1, 0.15) is 18.1 Å². The lowest BCUT2D eigenvalue weighted by atomic mass is 10.0. The molecule has 3 rings (SSSR count). The molecule has 1 amide bonds. The van der Waals surface area contributed by atoms with Crippen LogP contribution in [0.3, 0.4) is 0 Å². The smallest absolute Gasteiger partial charge is 0.221 e. The second-order valence-electron chi connectivity index (χ2n) is 6.21. The maximum Gasteiger partial charge on any atom is 0.221 e. The van der Waals surface area contributed by atoms with Crippen molar-refractivity contribution in [1.82, 2.24) is 0 Å². The molecule has 3 N–H and O–H groups in total. The van der Waals surface area contributed by atoms with Gasteiger partial charge in [-0.2, -0.15) is 0 Å². The van der Waals surface area contributed by atoms with E-state index in [2.05, 4.69) is 49.3 Å². The normalized spacial score (nSPS) is 11.9. The quantitative estimate of drug-likeness (QED) is 0.501. The summed E-state index contributed by atoms with van der Waals surface area (Å²) in [5.74, 6) is -0.118. The Hall–Kier alpha value is -1.41. The highest BCUT2D eigenvalue weighted by Gasteiger charge is 2.25. The Morgan fingerprint density at radius 1 is 1.15 bits per heavy atom. The van der Waals surface area contributed by atoms with Gasteiger partial charge < -0.3 is 20.4 Å². The van der Waals surface area contributed by atoms with Crippen LogP contribution >= 0.6 is 31.9 Å². The summed E-state index contributed by atoms with van der Waals surface area (Å²) < 4.78 is 1.72. The predicted molar refractivity (Wildman–Crippen MR) is 111 cm³/mol. The van der Waals surface area contributed by atoms with Crippen LogP contribution in [-0.2, 0) is 11.2 Å². The Morgan fingerprint density at radius 3 is 2.46 bits per heavy atom. The number of carbonyl (C=O) groups excluding carboxylic acids is 1. The molecule has 2 aromatic carbocycles. The van der Waals surface area contributed by atoms with E-state index >= 15 is 0 Å². The number of halogens is 2. The summed E-state index contributed by atoms with van der Waals surface area (Å²) in [6, 6.07) is 8.24. The summed E-state index contributed by atoms with van der Waals surface area (Å²) in [7, 11) is 0. The van der Waals surface area contributed by atoms with Crippen molar-refractivity contribution in [3.05, 3.63) is 44.3 Å². The molecule has 0 saturated carbocycles. The number of hydrogen-bond acceptors (Lipinski definition) is 4. The summed E-state index contributed by atoms with van der Waals surface area (Å²) in [5.41, 5.74) is 6.34. The van der Waals surface area contributed by atoms with E-state index in [4.69, 9.17) is 0 Å². The molecular formula is C19H20Br2N2O3. The third kappa shape index (κ3) is 3.67. The molecule has 0 aliphatic heterocycles. The number of aliphatic hydroxyl groups is 2. The number of rotatable bonds is 6. The van der Waals surface area contributed by atoms with Gasteiger partial charge in [0.1, 0.15) is 0 Å². The molecule has 0 saturated heterocycles. The molecule has 0 heterocycles. The molecule has 5 nitrogen and oxygen atoms in total. The number of anilines is 2. The number of hydrogen-bond donors (Lipinski definition) is 3. The van der Waals surface area contributed by atoms with Crippen LogP contribution in [0.5, 0.6) is 0 Å². The molecule has 0 spiro atoms. The molecule has 26 heavy (non-hydrogen) atoms. The molecule has 7 heteroatoms. The first kappa shape index (κ1) is 19.4. The fourth-order valence-corrected chi connectivity index (χ4v) is 4.81. The molecule has 0 atom stereocenters. The van der Waals surface area contributed by atoms with Gasteiger partial charge in [0.05, 0.1) is 18.9 Å². The number of amides is 1. The topological polar surface area (TPSA) is 72.8 Å². The van der Waals surface area contributed by atoms with Crippen molar-refractivity contribution < 1.29 is 15.0 Å². The molecule has 1 aliphatic carbocycles. The van der Waals surface area contributed by atoms with Crippen molar-refractivity contribution >= 4 is 49.1 Å². The van der Waals surface area contributed by atoms with Gasteiger partial charge in [-0.15, -0.1) is 0 Å². The van der Waals surface area contributed by atoms with Crippen LogP contribution < -0.4 is 10.2 Å². The predicted octanol–water partition coefficient (Wildman–Crippen LogP) is 3.53. The molecule has 0 fully saturated rings. The SMILES string of the molecule is CC(=O)Nc1c(Br)cc2c(c1Br)Cc1cc(N(CCO)CCO)ccc1-2. The minimum absolute atomic E-state index is 0.0376. The molecule has 0 radical (unpaired) electrons. The van der Waals surface area contributed by atoms with Crippen LogP contribution in [0.4, 0.5) is 11.4 Å². The fourth-order valence-electron chi connectivity index (χ4n) is 3.35. The minimum atomic E-state index is -0.118. The minimum Gasteiger partial charge on any atom is -0.395 e. The largest absolute Gasteiger partial charge is 0.395 e. The average Bonchev–Trinajstić information content (AvgIpc) is 2.96. The van der Waals surface area contributed by atoms with E-state index in [-0.39, 0.29) is 19.1 Å².